The molecule has 0 spiro atoms. The predicted molar refractivity (Wildman–Crippen MR) is 81.4 cm³/mol. The van der Waals surface area contributed by atoms with Crippen LogP contribution in [-0.4, -0.2) is 13.1 Å². The molecule has 0 aliphatic heterocycles. The van der Waals surface area contributed by atoms with Gasteiger partial charge in [0.15, 0.2) is 0 Å². The maximum Gasteiger partial charge on any atom is 0.101 e. The summed E-state index contributed by atoms with van der Waals surface area (Å²) in [5.41, 5.74) is 3.15. The van der Waals surface area contributed by atoms with Crippen LogP contribution in [0.15, 0.2) is 18.2 Å². The molecule has 0 atom stereocenters. The Balaban J connectivity index is 1.84. The molecule has 19 heavy (non-hydrogen) atoms. The van der Waals surface area contributed by atoms with Crippen LogP contribution in [0.4, 0.5) is 5.69 Å². The van der Waals surface area contributed by atoms with E-state index in [0.717, 1.165) is 41.5 Å². The molecule has 100 valence electrons. The summed E-state index contributed by atoms with van der Waals surface area (Å²) >= 11 is 3.46. The Bertz CT molecular complexity index is 484. The molecule has 2 nitrogen and oxygen atoms in total. The van der Waals surface area contributed by atoms with Crippen molar-refractivity contribution in [1.82, 2.24) is 0 Å². The second-order valence-corrected chi connectivity index (χ2v) is 6.45. The van der Waals surface area contributed by atoms with Crippen LogP contribution in [0.5, 0.6) is 0 Å². The van der Waals surface area contributed by atoms with Crippen LogP contribution < -0.4 is 4.90 Å². The number of benzene rings is 1. The fraction of sp³-hybridized carbons (Fsp3) is 0.562. The zero-order chi connectivity index (χ0) is 13.2. The Labute approximate surface area is 123 Å². The van der Waals surface area contributed by atoms with Gasteiger partial charge in [0.1, 0.15) is 6.07 Å². The topological polar surface area (TPSA) is 27.0 Å². The van der Waals surface area contributed by atoms with E-state index in [9.17, 15) is 5.26 Å². The number of halogens is 1. The summed E-state index contributed by atoms with van der Waals surface area (Å²) < 4.78 is 0. The van der Waals surface area contributed by atoms with Gasteiger partial charge >= 0.3 is 0 Å². The average Bonchev–Trinajstić information content (AvgIpc) is 3.32. The Morgan fingerprint density at radius 2 is 1.79 bits per heavy atom. The highest BCUT2D eigenvalue weighted by Gasteiger charge is 2.30. The summed E-state index contributed by atoms with van der Waals surface area (Å²) in [5.74, 6) is 1.72. The lowest BCUT2D eigenvalue weighted by Crippen LogP contribution is -2.28. The first-order valence-corrected chi connectivity index (χ1v) is 8.26. The van der Waals surface area contributed by atoms with E-state index in [2.05, 4.69) is 39.0 Å². The Morgan fingerprint density at radius 3 is 2.26 bits per heavy atom. The number of nitriles is 1. The van der Waals surface area contributed by atoms with Gasteiger partial charge in [-0.25, -0.2) is 0 Å². The third-order valence-corrected chi connectivity index (χ3v) is 4.67. The summed E-state index contributed by atoms with van der Waals surface area (Å²) in [6.45, 7) is 2.28. The Hall–Kier alpha value is -1.01. The molecule has 0 heterocycles. The van der Waals surface area contributed by atoms with E-state index in [1.807, 2.05) is 6.07 Å². The van der Waals surface area contributed by atoms with Gasteiger partial charge in [-0.1, -0.05) is 22.0 Å². The minimum Gasteiger partial charge on any atom is -0.370 e. The third-order valence-electron chi connectivity index (χ3n) is 4.03. The minimum absolute atomic E-state index is 0.813. The number of hydrogen-bond acceptors (Lipinski definition) is 2. The number of anilines is 1. The Morgan fingerprint density at radius 1 is 1.16 bits per heavy atom. The molecule has 3 rings (SSSR count). The van der Waals surface area contributed by atoms with Crippen LogP contribution in [-0.2, 0) is 5.33 Å². The van der Waals surface area contributed by atoms with E-state index in [1.54, 1.807) is 0 Å². The molecule has 1 aromatic carbocycles. The number of hydrogen-bond donors (Lipinski definition) is 0. The third kappa shape index (κ3) is 3.30. The van der Waals surface area contributed by atoms with E-state index < -0.39 is 0 Å². The second-order valence-electron chi connectivity index (χ2n) is 5.89. The highest BCUT2D eigenvalue weighted by molar-refractivity contribution is 9.08. The first-order chi connectivity index (χ1) is 9.30. The van der Waals surface area contributed by atoms with Crippen molar-refractivity contribution >= 4 is 21.6 Å². The van der Waals surface area contributed by atoms with Crippen molar-refractivity contribution in [3.63, 3.8) is 0 Å². The summed E-state index contributed by atoms with van der Waals surface area (Å²) in [4.78, 5) is 2.46. The standard InChI is InChI=1S/C16H19BrN2/c17-8-14-5-6-16(15(7-14)9-18)19(10-12-1-2-12)11-13-3-4-13/h5-7,12-13H,1-4,8,10-11H2. The molecule has 2 aliphatic rings. The van der Waals surface area contributed by atoms with E-state index in [1.165, 1.54) is 31.2 Å². The van der Waals surface area contributed by atoms with Crippen molar-refractivity contribution in [2.24, 2.45) is 11.8 Å². The van der Waals surface area contributed by atoms with Gasteiger partial charge in [0.25, 0.3) is 0 Å². The molecule has 3 heteroatoms. The maximum atomic E-state index is 9.39. The van der Waals surface area contributed by atoms with Gasteiger partial charge in [-0.05, 0) is 55.2 Å². The smallest absolute Gasteiger partial charge is 0.101 e. The van der Waals surface area contributed by atoms with Crippen LogP contribution in [0.2, 0.25) is 0 Å². The highest BCUT2D eigenvalue weighted by Crippen LogP contribution is 2.36. The lowest BCUT2D eigenvalue weighted by Gasteiger charge is -2.26. The molecule has 0 radical (unpaired) electrons. The lowest BCUT2D eigenvalue weighted by molar-refractivity contribution is 0.679. The molecular weight excluding hydrogens is 300 g/mol. The molecule has 0 aromatic heterocycles. The first-order valence-electron chi connectivity index (χ1n) is 7.14. The van der Waals surface area contributed by atoms with E-state index >= 15 is 0 Å². The van der Waals surface area contributed by atoms with Crippen molar-refractivity contribution in [3.8, 4) is 6.07 Å². The van der Waals surface area contributed by atoms with Crippen molar-refractivity contribution in [1.29, 1.82) is 5.26 Å². The summed E-state index contributed by atoms with van der Waals surface area (Å²) in [6, 6.07) is 8.68. The lowest BCUT2D eigenvalue weighted by atomic mass is 10.1. The zero-order valence-corrected chi connectivity index (χ0v) is 12.7. The summed E-state index contributed by atoms with van der Waals surface area (Å²) in [7, 11) is 0. The maximum absolute atomic E-state index is 9.39. The van der Waals surface area contributed by atoms with Crippen LogP contribution in [0.3, 0.4) is 0 Å². The molecule has 0 N–H and O–H groups in total. The van der Waals surface area contributed by atoms with E-state index in [-0.39, 0.29) is 0 Å². The number of rotatable bonds is 6. The van der Waals surface area contributed by atoms with Crippen molar-refractivity contribution in [2.75, 3.05) is 18.0 Å². The molecule has 0 amide bonds. The van der Waals surface area contributed by atoms with Gasteiger partial charge in [-0.2, -0.15) is 5.26 Å². The fourth-order valence-corrected chi connectivity index (χ4v) is 2.88. The van der Waals surface area contributed by atoms with Crippen LogP contribution in [0, 0.1) is 23.2 Å². The molecule has 0 bridgehead atoms. The average molecular weight is 319 g/mol. The van der Waals surface area contributed by atoms with Gasteiger partial charge in [0.05, 0.1) is 11.3 Å². The highest BCUT2D eigenvalue weighted by atomic mass is 79.9. The van der Waals surface area contributed by atoms with Crippen LogP contribution >= 0.6 is 15.9 Å². The molecule has 2 saturated carbocycles. The molecule has 0 unspecified atom stereocenters. The normalized spacial score (nSPS) is 18.1. The molecule has 0 saturated heterocycles. The van der Waals surface area contributed by atoms with Crippen molar-refractivity contribution < 1.29 is 0 Å². The minimum atomic E-state index is 0.813. The van der Waals surface area contributed by atoms with Gasteiger partial charge in [0.2, 0.25) is 0 Å². The fourth-order valence-electron chi connectivity index (χ4n) is 2.53. The van der Waals surface area contributed by atoms with Crippen LogP contribution in [0.1, 0.15) is 36.8 Å². The Kier molecular flexibility index (Phi) is 3.79. The summed E-state index contributed by atoms with van der Waals surface area (Å²) in [6.07, 6.45) is 5.45. The van der Waals surface area contributed by atoms with Gasteiger partial charge < -0.3 is 4.90 Å². The molecule has 2 fully saturated rings. The van der Waals surface area contributed by atoms with Gasteiger partial charge in [0, 0.05) is 18.4 Å². The van der Waals surface area contributed by atoms with Gasteiger partial charge in [-0.15, -0.1) is 0 Å². The molecule has 2 aliphatic carbocycles. The SMILES string of the molecule is N#Cc1cc(CBr)ccc1N(CC1CC1)CC1CC1. The first kappa shape index (κ1) is 13.0. The van der Waals surface area contributed by atoms with E-state index in [0.29, 0.717) is 0 Å². The predicted octanol–water partition coefficient (Wildman–Crippen LogP) is 4.08. The van der Waals surface area contributed by atoms with Crippen LogP contribution in [0.25, 0.3) is 0 Å². The van der Waals surface area contributed by atoms with Crippen molar-refractivity contribution in [2.45, 2.75) is 31.0 Å². The largest absolute Gasteiger partial charge is 0.370 e. The number of alkyl halides is 1. The zero-order valence-electron chi connectivity index (χ0n) is 11.1. The monoisotopic (exact) mass is 318 g/mol. The molecular formula is C16H19BrN2. The summed E-state index contributed by atoms with van der Waals surface area (Å²) in [5, 5.41) is 10.2. The van der Waals surface area contributed by atoms with Crippen molar-refractivity contribution in [3.05, 3.63) is 29.3 Å². The number of nitrogens with zero attached hydrogens (tertiary/aromatic N) is 2. The molecule has 1 aromatic rings. The quantitative estimate of drug-likeness (QED) is 0.739. The van der Waals surface area contributed by atoms with E-state index in [4.69, 9.17) is 0 Å². The second kappa shape index (κ2) is 5.54. The van der Waals surface area contributed by atoms with Gasteiger partial charge in [-0.3, -0.25) is 0 Å².